The van der Waals surface area contributed by atoms with Crippen LogP contribution in [0.25, 0.3) is 0 Å². The summed E-state index contributed by atoms with van der Waals surface area (Å²) in [6, 6.07) is -0.431. The van der Waals surface area contributed by atoms with Crippen molar-refractivity contribution in [2.24, 2.45) is 5.92 Å². The van der Waals surface area contributed by atoms with Gasteiger partial charge in [0.05, 0.1) is 12.1 Å². The smallest absolute Gasteiger partial charge is 0.237 e. The van der Waals surface area contributed by atoms with Gasteiger partial charge in [-0.2, -0.15) is 0 Å². The largest absolute Gasteiger partial charge is 0.345 e. The van der Waals surface area contributed by atoms with E-state index in [9.17, 15) is 9.59 Å². The normalized spacial score (nSPS) is 22.7. The first-order chi connectivity index (χ1) is 7.13. The van der Waals surface area contributed by atoms with E-state index >= 15 is 0 Å². The molecule has 2 atom stereocenters. The van der Waals surface area contributed by atoms with E-state index in [0.717, 1.165) is 25.7 Å². The lowest BCUT2D eigenvalue weighted by molar-refractivity contribution is -0.125. The van der Waals surface area contributed by atoms with Crippen LogP contribution in [0.5, 0.6) is 0 Å². The Labute approximate surface area is 90.8 Å². The molecule has 1 aliphatic heterocycles. The van der Waals surface area contributed by atoms with E-state index in [1.54, 1.807) is 0 Å². The minimum absolute atomic E-state index is 0.0368. The minimum atomic E-state index is -0.333. The van der Waals surface area contributed by atoms with Gasteiger partial charge in [0.2, 0.25) is 5.91 Å². The van der Waals surface area contributed by atoms with Crippen LogP contribution < -0.4 is 10.6 Å². The summed E-state index contributed by atoms with van der Waals surface area (Å²) in [5.74, 6) is 0.377. The number of aldehydes is 1. The lowest BCUT2D eigenvalue weighted by atomic mass is 10.0. The Kier molecular flexibility index (Phi) is 4.75. The van der Waals surface area contributed by atoms with Gasteiger partial charge in [-0.05, 0) is 31.7 Å². The van der Waals surface area contributed by atoms with Crippen LogP contribution in [-0.2, 0) is 9.59 Å². The standard InChI is InChI=1S/C11H20N2O2/c1-8(2)6-9(7-14)13-11(15)10-4-3-5-12-10/h7-10,12H,3-6H2,1-2H3,(H,13,15)/t9-,10-/m0/s1. The Morgan fingerprint density at radius 2 is 2.33 bits per heavy atom. The maximum atomic E-state index is 11.7. The zero-order chi connectivity index (χ0) is 11.3. The second-order valence-corrected chi connectivity index (χ2v) is 4.53. The van der Waals surface area contributed by atoms with Gasteiger partial charge in [0.1, 0.15) is 6.29 Å². The van der Waals surface area contributed by atoms with Gasteiger partial charge in [0, 0.05) is 0 Å². The van der Waals surface area contributed by atoms with Crippen LogP contribution >= 0.6 is 0 Å². The fourth-order valence-electron chi connectivity index (χ4n) is 1.85. The van der Waals surface area contributed by atoms with E-state index < -0.39 is 0 Å². The van der Waals surface area contributed by atoms with Crippen molar-refractivity contribution in [3.05, 3.63) is 0 Å². The maximum absolute atomic E-state index is 11.7. The number of hydrogen-bond acceptors (Lipinski definition) is 3. The fourth-order valence-corrected chi connectivity index (χ4v) is 1.85. The minimum Gasteiger partial charge on any atom is -0.345 e. The Bertz CT molecular complexity index is 223. The first-order valence-electron chi connectivity index (χ1n) is 5.62. The topological polar surface area (TPSA) is 58.2 Å². The van der Waals surface area contributed by atoms with Crippen LogP contribution in [0.1, 0.15) is 33.1 Å². The predicted molar refractivity (Wildman–Crippen MR) is 58.5 cm³/mol. The van der Waals surface area contributed by atoms with Crippen LogP contribution in [-0.4, -0.2) is 30.8 Å². The van der Waals surface area contributed by atoms with Crippen molar-refractivity contribution in [1.29, 1.82) is 0 Å². The summed E-state index contributed by atoms with van der Waals surface area (Å²) in [7, 11) is 0. The van der Waals surface area contributed by atoms with Gasteiger partial charge in [0.15, 0.2) is 0 Å². The summed E-state index contributed by atoms with van der Waals surface area (Å²) in [5.41, 5.74) is 0. The van der Waals surface area contributed by atoms with E-state index in [-0.39, 0.29) is 18.0 Å². The average molecular weight is 212 g/mol. The van der Waals surface area contributed by atoms with Crippen LogP contribution in [0.4, 0.5) is 0 Å². The molecule has 0 bridgehead atoms. The highest BCUT2D eigenvalue weighted by molar-refractivity contribution is 5.84. The van der Waals surface area contributed by atoms with E-state index in [4.69, 9.17) is 0 Å². The number of amides is 1. The third-order valence-electron chi connectivity index (χ3n) is 2.59. The second-order valence-electron chi connectivity index (χ2n) is 4.53. The van der Waals surface area contributed by atoms with Gasteiger partial charge >= 0.3 is 0 Å². The zero-order valence-electron chi connectivity index (χ0n) is 9.45. The predicted octanol–water partition coefficient (Wildman–Crippen LogP) is 0.468. The van der Waals surface area contributed by atoms with Crippen molar-refractivity contribution in [2.75, 3.05) is 6.54 Å². The molecule has 0 aromatic rings. The van der Waals surface area contributed by atoms with Crippen LogP contribution in [0.15, 0.2) is 0 Å². The lowest BCUT2D eigenvalue weighted by Gasteiger charge is -2.17. The Morgan fingerprint density at radius 3 is 2.80 bits per heavy atom. The molecule has 0 spiro atoms. The molecule has 4 heteroatoms. The summed E-state index contributed by atoms with van der Waals surface area (Å²) in [4.78, 5) is 22.4. The second kappa shape index (κ2) is 5.85. The molecule has 0 radical (unpaired) electrons. The van der Waals surface area contributed by atoms with Gasteiger partial charge in [-0.1, -0.05) is 13.8 Å². The molecule has 4 nitrogen and oxygen atoms in total. The lowest BCUT2D eigenvalue weighted by Crippen LogP contribution is -2.46. The highest BCUT2D eigenvalue weighted by Gasteiger charge is 2.24. The summed E-state index contributed by atoms with van der Waals surface area (Å²) in [6.07, 6.45) is 3.45. The van der Waals surface area contributed by atoms with Gasteiger partial charge in [0.25, 0.3) is 0 Å². The Balaban J connectivity index is 2.36. The zero-order valence-corrected chi connectivity index (χ0v) is 9.45. The Hall–Kier alpha value is -0.900. The molecule has 1 saturated heterocycles. The molecule has 0 saturated carbocycles. The molecule has 86 valence electrons. The highest BCUT2D eigenvalue weighted by Crippen LogP contribution is 2.07. The van der Waals surface area contributed by atoms with Gasteiger partial charge in [-0.15, -0.1) is 0 Å². The van der Waals surface area contributed by atoms with E-state index in [0.29, 0.717) is 12.3 Å². The van der Waals surface area contributed by atoms with E-state index in [1.165, 1.54) is 0 Å². The van der Waals surface area contributed by atoms with Crippen molar-refractivity contribution in [1.82, 2.24) is 10.6 Å². The number of hydrogen-bond donors (Lipinski definition) is 2. The van der Waals surface area contributed by atoms with Crippen LogP contribution in [0, 0.1) is 5.92 Å². The first kappa shape index (κ1) is 12.2. The third-order valence-corrected chi connectivity index (χ3v) is 2.59. The van der Waals surface area contributed by atoms with Crippen molar-refractivity contribution >= 4 is 12.2 Å². The summed E-state index contributed by atoms with van der Waals surface area (Å²) < 4.78 is 0. The van der Waals surface area contributed by atoms with Crippen molar-refractivity contribution < 1.29 is 9.59 Å². The molecule has 0 aromatic carbocycles. The van der Waals surface area contributed by atoms with E-state index in [1.807, 2.05) is 13.8 Å². The molecule has 1 aliphatic rings. The van der Waals surface area contributed by atoms with Gasteiger partial charge in [-0.3, -0.25) is 4.79 Å². The molecule has 2 N–H and O–H groups in total. The summed E-state index contributed by atoms with van der Waals surface area (Å²) in [6.45, 7) is 4.97. The SMILES string of the molecule is CC(C)C[C@@H](C=O)NC(=O)[C@@H]1CCCN1. The molecule has 0 unspecified atom stereocenters. The monoisotopic (exact) mass is 212 g/mol. The van der Waals surface area contributed by atoms with Crippen LogP contribution in [0.2, 0.25) is 0 Å². The van der Waals surface area contributed by atoms with Gasteiger partial charge in [-0.25, -0.2) is 0 Å². The van der Waals surface area contributed by atoms with Crippen molar-refractivity contribution in [2.45, 2.75) is 45.2 Å². The van der Waals surface area contributed by atoms with Crippen LogP contribution in [0.3, 0.4) is 0 Å². The number of carbonyl (C=O) groups excluding carboxylic acids is 2. The molecular weight excluding hydrogens is 192 g/mol. The molecule has 1 heterocycles. The fraction of sp³-hybridized carbons (Fsp3) is 0.818. The number of carbonyl (C=O) groups is 2. The third kappa shape index (κ3) is 4.00. The molecule has 1 amide bonds. The molecule has 0 aliphatic carbocycles. The summed E-state index contributed by atoms with van der Waals surface area (Å²) in [5, 5.41) is 5.88. The van der Waals surface area contributed by atoms with Crippen molar-refractivity contribution in [3.8, 4) is 0 Å². The summed E-state index contributed by atoms with van der Waals surface area (Å²) >= 11 is 0. The molecule has 0 aromatic heterocycles. The molecular formula is C11H20N2O2. The van der Waals surface area contributed by atoms with E-state index in [2.05, 4.69) is 10.6 Å². The van der Waals surface area contributed by atoms with Gasteiger partial charge < -0.3 is 15.4 Å². The average Bonchev–Trinajstić information content (AvgIpc) is 2.68. The number of rotatable bonds is 5. The molecule has 1 fully saturated rings. The Morgan fingerprint density at radius 1 is 1.60 bits per heavy atom. The molecule has 15 heavy (non-hydrogen) atoms. The van der Waals surface area contributed by atoms with Crippen molar-refractivity contribution in [3.63, 3.8) is 0 Å². The quantitative estimate of drug-likeness (QED) is 0.651. The molecule has 1 rings (SSSR count). The highest BCUT2D eigenvalue weighted by atomic mass is 16.2. The first-order valence-corrected chi connectivity index (χ1v) is 5.62. The maximum Gasteiger partial charge on any atom is 0.237 e. The number of nitrogens with one attached hydrogen (secondary N) is 2.